The number of ether oxygens (including phenoxy) is 2. The fourth-order valence-corrected chi connectivity index (χ4v) is 7.09. The van der Waals surface area contributed by atoms with Crippen LogP contribution in [-0.2, 0) is 31.0 Å². The predicted molar refractivity (Wildman–Crippen MR) is 226 cm³/mol. The van der Waals surface area contributed by atoms with E-state index in [4.69, 9.17) is 20.2 Å². The van der Waals surface area contributed by atoms with Crippen LogP contribution in [0.1, 0.15) is 44.0 Å². The Bertz CT molecular complexity index is 2710. The number of para-hydroxylation sites is 1. The first-order chi connectivity index (χ1) is 29.2. The van der Waals surface area contributed by atoms with Gasteiger partial charge in [-0.05, 0) is 103 Å². The summed E-state index contributed by atoms with van der Waals surface area (Å²) in [5.74, 6) is 0.906. The van der Waals surface area contributed by atoms with Gasteiger partial charge in [0.05, 0.1) is 28.0 Å². The number of primary amides is 1. The van der Waals surface area contributed by atoms with Crippen molar-refractivity contribution in [1.82, 2.24) is 9.55 Å². The van der Waals surface area contributed by atoms with Gasteiger partial charge >= 0.3 is 18.2 Å². The Kier molecular flexibility index (Phi) is 11.8. The Morgan fingerprint density at radius 3 is 2.10 bits per heavy atom. The van der Waals surface area contributed by atoms with E-state index in [0.29, 0.717) is 62.2 Å². The number of halogens is 3. The quantitative estimate of drug-likeness (QED) is 0.0918. The monoisotopic (exact) mass is 827 g/mol. The molecule has 11 nitrogen and oxygen atoms in total. The molecule has 14 heteroatoms. The second kappa shape index (κ2) is 17.3. The number of carbonyl (C=O) groups excluding carboxylic acids is 2. The topological polar surface area (TPSA) is 149 Å². The Balaban J connectivity index is 1.00. The van der Waals surface area contributed by atoms with E-state index < -0.39 is 29.8 Å². The van der Waals surface area contributed by atoms with Crippen molar-refractivity contribution in [3.05, 3.63) is 173 Å². The maximum Gasteiger partial charge on any atom is 0.416 e. The number of nitrogens with zero attached hydrogens (tertiary/aromatic N) is 3. The minimum atomic E-state index is -4.52. The number of aliphatic carboxylic acids is 1. The number of aryl methyl sites for hydroxylation is 3. The van der Waals surface area contributed by atoms with Crippen LogP contribution in [0.15, 0.2) is 133 Å². The zero-order chi connectivity index (χ0) is 43.4. The Morgan fingerprint density at radius 2 is 1.46 bits per heavy atom. The number of fused-ring (bicyclic) bond motifs is 1. The fraction of sp³-hybridized carbons (Fsp3) is 0.149. The number of alkyl halides is 3. The van der Waals surface area contributed by atoms with Crippen LogP contribution in [-0.4, -0.2) is 38.5 Å². The molecular formula is C47H40F3N5O6. The lowest BCUT2D eigenvalue weighted by molar-refractivity contribution is -0.138. The van der Waals surface area contributed by atoms with Crippen molar-refractivity contribution in [3.63, 3.8) is 0 Å². The van der Waals surface area contributed by atoms with Crippen molar-refractivity contribution >= 4 is 45.9 Å². The number of carboxylic acids is 1. The number of nitrogens with one attached hydrogen (secondary N) is 1. The number of ketones is 1. The third-order valence-electron chi connectivity index (χ3n) is 10.1. The highest BCUT2D eigenvalue weighted by Gasteiger charge is 2.31. The van der Waals surface area contributed by atoms with E-state index in [-0.39, 0.29) is 24.5 Å². The molecule has 0 radical (unpaired) electrons. The largest absolute Gasteiger partial charge is 0.486 e. The summed E-state index contributed by atoms with van der Waals surface area (Å²) in [5, 5.41) is 13.1. The summed E-state index contributed by atoms with van der Waals surface area (Å²) in [6, 6.07) is 34.0. The van der Waals surface area contributed by atoms with Crippen molar-refractivity contribution in [3.8, 4) is 17.2 Å². The summed E-state index contributed by atoms with van der Waals surface area (Å²) in [6.07, 6.45) is -4.37. The van der Waals surface area contributed by atoms with E-state index in [1.807, 2.05) is 29.8 Å². The van der Waals surface area contributed by atoms with Crippen LogP contribution in [0, 0.1) is 13.8 Å². The molecule has 1 atom stereocenters. The molecule has 7 aromatic rings. The molecule has 6 aromatic carbocycles. The molecule has 61 heavy (non-hydrogen) atoms. The molecule has 4 N–H and O–H groups in total. The van der Waals surface area contributed by atoms with Gasteiger partial charge in [-0.15, -0.1) is 0 Å². The van der Waals surface area contributed by atoms with Gasteiger partial charge in [0.1, 0.15) is 35.7 Å². The maximum absolute atomic E-state index is 13.2. The highest BCUT2D eigenvalue weighted by molar-refractivity contribution is 6.12. The number of amides is 2. The van der Waals surface area contributed by atoms with Crippen LogP contribution < -0.4 is 25.4 Å². The summed E-state index contributed by atoms with van der Waals surface area (Å²) < 4.78 is 53.7. The SMILES string of the molecule is Cc1cc(Oc2ccc3nc(COc4ccc(C[C@H](Nc5ccccc5C(=O)c5ccccc5)C(=O)O)cc4)n(C)c3c2)cc(C)c1N(C(N)=O)c1ccc(C(F)(F)F)cc1. The molecule has 0 fully saturated rings. The van der Waals surface area contributed by atoms with Gasteiger partial charge in [0, 0.05) is 36.3 Å². The highest BCUT2D eigenvalue weighted by Crippen LogP contribution is 2.38. The highest BCUT2D eigenvalue weighted by atomic mass is 19.4. The lowest BCUT2D eigenvalue weighted by atomic mass is 10.00. The third-order valence-corrected chi connectivity index (χ3v) is 10.1. The van der Waals surface area contributed by atoms with Gasteiger partial charge in [-0.1, -0.05) is 54.6 Å². The van der Waals surface area contributed by atoms with Gasteiger partial charge in [-0.2, -0.15) is 13.2 Å². The molecule has 1 aromatic heterocycles. The molecule has 0 bridgehead atoms. The lowest BCUT2D eigenvalue weighted by Gasteiger charge is -2.25. The summed E-state index contributed by atoms with van der Waals surface area (Å²) in [6.45, 7) is 3.64. The fourth-order valence-electron chi connectivity index (χ4n) is 7.09. The van der Waals surface area contributed by atoms with Crippen LogP contribution in [0.25, 0.3) is 11.0 Å². The van der Waals surface area contributed by atoms with Crippen molar-refractivity contribution in [1.29, 1.82) is 0 Å². The number of urea groups is 1. The third kappa shape index (κ3) is 9.33. The van der Waals surface area contributed by atoms with Crippen LogP contribution in [0.2, 0.25) is 0 Å². The van der Waals surface area contributed by atoms with Gasteiger partial charge in [0.2, 0.25) is 0 Å². The molecule has 0 aliphatic carbocycles. The molecule has 0 spiro atoms. The van der Waals surface area contributed by atoms with Gasteiger partial charge in [-0.3, -0.25) is 9.69 Å². The number of carbonyl (C=O) groups is 3. The second-order valence-corrected chi connectivity index (χ2v) is 14.4. The number of nitrogens with two attached hydrogens (primary N) is 1. The molecular weight excluding hydrogens is 788 g/mol. The summed E-state index contributed by atoms with van der Waals surface area (Å²) in [4.78, 5) is 44.0. The van der Waals surface area contributed by atoms with Gasteiger partial charge < -0.3 is 30.2 Å². The summed E-state index contributed by atoms with van der Waals surface area (Å²) in [5.41, 5.74) is 10.3. The van der Waals surface area contributed by atoms with Crippen molar-refractivity contribution in [2.75, 3.05) is 10.2 Å². The maximum atomic E-state index is 13.2. The van der Waals surface area contributed by atoms with Crippen LogP contribution in [0.4, 0.5) is 35.0 Å². The van der Waals surface area contributed by atoms with E-state index in [1.54, 1.807) is 105 Å². The van der Waals surface area contributed by atoms with Crippen molar-refractivity contribution in [2.45, 2.75) is 39.1 Å². The smallest absolute Gasteiger partial charge is 0.416 e. The van der Waals surface area contributed by atoms with E-state index in [2.05, 4.69) is 5.32 Å². The van der Waals surface area contributed by atoms with Gasteiger partial charge in [0.25, 0.3) is 0 Å². The average Bonchev–Trinajstić information content (AvgIpc) is 3.55. The van der Waals surface area contributed by atoms with E-state index in [0.717, 1.165) is 23.2 Å². The number of anilines is 3. The van der Waals surface area contributed by atoms with E-state index in [1.165, 1.54) is 17.0 Å². The predicted octanol–water partition coefficient (Wildman–Crippen LogP) is 10.1. The minimum absolute atomic E-state index is 0.140. The number of rotatable bonds is 14. The Hall–Kier alpha value is -7.61. The van der Waals surface area contributed by atoms with Crippen molar-refractivity contribution in [2.24, 2.45) is 12.8 Å². The van der Waals surface area contributed by atoms with Crippen LogP contribution in [0.3, 0.4) is 0 Å². The molecule has 0 unspecified atom stereocenters. The number of aromatic nitrogens is 2. The van der Waals surface area contributed by atoms with Crippen molar-refractivity contribution < 1.29 is 42.1 Å². The number of hydrogen-bond donors (Lipinski definition) is 3. The number of imidazole rings is 1. The summed E-state index contributed by atoms with van der Waals surface area (Å²) in [7, 11) is 1.86. The van der Waals surface area contributed by atoms with Crippen LogP contribution >= 0.6 is 0 Å². The first kappa shape index (κ1) is 41.5. The molecule has 1 heterocycles. The molecule has 0 aliphatic rings. The Labute approximate surface area is 348 Å². The molecule has 0 saturated heterocycles. The first-order valence-corrected chi connectivity index (χ1v) is 19.1. The number of hydrogen-bond acceptors (Lipinski definition) is 7. The molecule has 310 valence electrons. The van der Waals surface area contributed by atoms with Crippen LogP contribution in [0.5, 0.6) is 17.2 Å². The molecule has 7 rings (SSSR count). The van der Waals surface area contributed by atoms with E-state index >= 15 is 0 Å². The minimum Gasteiger partial charge on any atom is -0.486 e. The van der Waals surface area contributed by atoms with E-state index in [9.17, 15) is 32.7 Å². The number of benzene rings is 6. The zero-order valence-corrected chi connectivity index (χ0v) is 33.2. The first-order valence-electron chi connectivity index (χ1n) is 19.1. The normalized spacial score (nSPS) is 11.8. The zero-order valence-electron chi connectivity index (χ0n) is 33.2. The lowest BCUT2D eigenvalue weighted by Crippen LogP contribution is -2.32. The second-order valence-electron chi connectivity index (χ2n) is 14.4. The molecule has 0 saturated carbocycles. The standard InChI is InChI=1S/C47H40F3N5O6/c1-28-23-36(24-29(2)43(28)55(46(51)59)33-17-15-32(16-18-33)47(48,49)50)61-35-21-22-39-41(26-35)54(3)42(53-39)27-60-34-19-13-30(14-20-34)25-40(45(57)58)52-38-12-8-7-11-37(38)44(56)31-9-5-4-6-10-31/h4-24,26,40,52H,25,27H2,1-3H3,(H2,51,59)(H,57,58)/t40-/m0/s1. The molecule has 0 aliphatic heterocycles. The average molecular weight is 828 g/mol. The van der Waals surface area contributed by atoms with Gasteiger partial charge in [-0.25, -0.2) is 14.6 Å². The van der Waals surface area contributed by atoms with Gasteiger partial charge in [0.15, 0.2) is 5.78 Å². The Morgan fingerprint density at radius 1 is 0.820 bits per heavy atom. The molecule has 2 amide bonds. The number of carboxylic acid groups (broad SMARTS) is 1. The summed E-state index contributed by atoms with van der Waals surface area (Å²) >= 11 is 0.